The van der Waals surface area contributed by atoms with Gasteiger partial charge in [-0.05, 0) is 63.6 Å². The smallest absolute Gasteiger partial charge is 0.341 e. The molecule has 0 N–H and O–H groups in total. The van der Waals surface area contributed by atoms with Gasteiger partial charge in [0.25, 0.3) is 10.0 Å². The highest BCUT2D eigenvalue weighted by Crippen LogP contribution is 2.37. The number of fused-ring (bicyclic) bond motifs is 1. The van der Waals surface area contributed by atoms with E-state index in [1.807, 2.05) is 18.9 Å². The fourth-order valence-electron chi connectivity index (χ4n) is 4.97. The molecule has 0 spiro atoms. The van der Waals surface area contributed by atoms with Crippen molar-refractivity contribution in [2.75, 3.05) is 24.3 Å². The van der Waals surface area contributed by atoms with E-state index in [1.54, 1.807) is 37.3 Å². The van der Waals surface area contributed by atoms with Gasteiger partial charge >= 0.3 is 5.97 Å². The number of rotatable bonds is 8. The number of carbonyl (C=O) groups is 1. The summed E-state index contributed by atoms with van der Waals surface area (Å²) in [5.74, 6) is -0.622. The molecule has 2 heterocycles. The predicted octanol–water partition coefficient (Wildman–Crippen LogP) is 4.32. The minimum Gasteiger partial charge on any atom is -0.462 e. The lowest BCUT2D eigenvalue weighted by Crippen LogP contribution is -2.37. The molecule has 1 aromatic carbocycles. The SMILES string of the molecule is CCOC(=O)c1cnc2c(ccn2S(=O)(=O)c2ccc(C)cc2)c1N(C)[C@H]1CC[C@H](CS(=O)(=O)Cl)CC1. The molecule has 12 heteroatoms. The fraction of sp³-hybridized carbons (Fsp3) is 0.440. The third-order valence-electron chi connectivity index (χ3n) is 6.88. The van der Waals surface area contributed by atoms with Gasteiger partial charge in [0.05, 0.1) is 22.9 Å². The summed E-state index contributed by atoms with van der Waals surface area (Å²) < 4.78 is 56.3. The minimum atomic E-state index is -3.92. The molecular weight excluding hydrogens is 538 g/mol. The first-order valence-electron chi connectivity index (χ1n) is 12.1. The average molecular weight is 568 g/mol. The van der Waals surface area contributed by atoms with Crippen molar-refractivity contribution in [3.05, 3.63) is 53.9 Å². The van der Waals surface area contributed by atoms with Crippen LogP contribution < -0.4 is 4.90 Å². The number of halogens is 1. The first kappa shape index (κ1) is 27.4. The summed E-state index contributed by atoms with van der Waals surface area (Å²) in [6, 6.07) is 8.22. The summed E-state index contributed by atoms with van der Waals surface area (Å²) in [6.45, 7) is 3.77. The van der Waals surface area contributed by atoms with Crippen LogP contribution in [0.5, 0.6) is 0 Å². The quantitative estimate of drug-likeness (QED) is 0.292. The summed E-state index contributed by atoms with van der Waals surface area (Å²) in [6.07, 6.45) is 5.55. The van der Waals surface area contributed by atoms with Gasteiger partial charge in [0, 0.05) is 41.6 Å². The Balaban J connectivity index is 1.75. The zero-order valence-corrected chi connectivity index (χ0v) is 23.3. The summed E-state index contributed by atoms with van der Waals surface area (Å²) in [7, 11) is -0.189. The molecule has 200 valence electrons. The maximum absolute atomic E-state index is 13.4. The summed E-state index contributed by atoms with van der Waals surface area (Å²) in [4.78, 5) is 19.3. The first-order valence-corrected chi connectivity index (χ1v) is 16.0. The highest BCUT2D eigenvalue weighted by atomic mass is 35.7. The van der Waals surface area contributed by atoms with Gasteiger partial charge in [0.2, 0.25) is 9.05 Å². The van der Waals surface area contributed by atoms with Crippen LogP contribution in [0.15, 0.2) is 47.6 Å². The van der Waals surface area contributed by atoms with E-state index in [-0.39, 0.29) is 40.4 Å². The molecule has 2 aromatic heterocycles. The molecule has 0 bridgehead atoms. The third-order valence-corrected chi connectivity index (χ3v) is 9.81. The van der Waals surface area contributed by atoms with Crippen LogP contribution in [0.1, 0.15) is 48.5 Å². The molecule has 0 atom stereocenters. The Morgan fingerprint density at radius 1 is 1.11 bits per heavy atom. The molecule has 0 aliphatic heterocycles. The number of benzene rings is 1. The topological polar surface area (TPSA) is 116 Å². The third kappa shape index (κ3) is 5.78. The van der Waals surface area contributed by atoms with Crippen LogP contribution in [-0.4, -0.2) is 57.2 Å². The molecule has 3 aromatic rings. The van der Waals surface area contributed by atoms with E-state index in [1.165, 1.54) is 12.4 Å². The zero-order valence-electron chi connectivity index (χ0n) is 20.9. The molecule has 1 aliphatic carbocycles. The van der Waals surface area contributed by atoms with Crippen LogP contribution >= 0.6 is 10.7 Å². The van der Waals surface area contributed by atoms with E-state index in [9.17, 15) is 21.6 Å². The maximum Gasteiger partial charge on any atom is 0.341 e. The minimum absolute atomic E-state index is 0.00473. The Bertz CT molecular complexity index is 1510. The van der Waals surface area contributed by atoms with Gasteiger partial charge in [0.15, 0.2) is 5.65 Å². The van der Waals surface area contributed by atoms with Crippen molar-refractivity contribution in [1.82, 2.24) is 8.96 Å². The van der Waals surface area contributed by atoms with Gasteiger partial charge < -0.3 is 9.64 Å². The van der Waals surface area contributed by atoms with E-state index in [0.29, 0.717) is 36.8 Å². The second-order valence-electron chi connectivity index (χ2n) is 9.40. The lowest BCUT2D eigenvalue weighted by molar-refractivity contribution is 0.0526. The summed E-state index contributed by atoms with van der Waals surface area (Å²) in [5, 5.41) is 0.509. The van der Waals surface area contributed by atoms with Crippen LogP contribution in [0.3, 0.4) is 0 Å². The second kappa shape index (κ2) is 10.6. The number of nitrogens with zero attached hydrogens (tertiary/aromatic N) is 3. The largest absolute Gasteiger partial charge is 0.462 e. The highest BCUT2D eigenvalue weighted by molar-refractivity contribution is 8.13. The van der Waals surface area contributed by atoms with Crippen molar-refractivity contribution in [1.29, 1.82) is 0 Å². The van der Waals surface area contributed by atoms with Crippen LogP contribution in [0.4, 0.5) is 5.69 Å². The van der Waals surface area contributed by atoms with Crippen LogP contribution in [0.2, 0.25) is 0 Å². The Labute approximate surface area is 221 Å². The van der Waals surface area contributed by atoms with E-state index < -0.39 is 25.0 Å². The van der Waals surface area contributed by atoms with Crippen molar-refractivity contribution in [3.63, 3.8) is 0 Å². The summed E-state index contributed by atoms with van der Waals surface area (Å²) in [5.41, 5.74) is 1.93. The molecule has 1 fully saturated rings. The monoisotopic (exact) mass is 567 g/mol. The van der Waals surface area contributed by atoms with E-state index in [2.05, 4.69) is 4.98 Å². The van der Waals surface area contributed by atoms with Gasteiger partial charge in [-0.2, -0.15) is 0 Å². The number of carbonyl (C=O) groups excluding carboxylic acids is 1. The lowest BCUT2D eigenvalue weighted by atomic mass is 9.86. The van der Waals surface area contributed by atoms with Gasteiger partial charge in [-0.25, -0.2) is 30.6 Å². The molecule has 1 saturated carbocycles. The Morgan fingerprint density at radius 3 is 2.35 bits per heavy atom. The number of ether oxygens (including phenoxy) is 1. The van der Waals surface area contributed by atoms with E-state index in [0.717, 1.165) is 9.54 Å². The number of hydrogen-bond donors (Lipinski definition) is 0. The maximum atomic E-state index is 13.4. The summed E-state index contributed by atoms with van der Waals surface area (Å²) >= 11 is 0. The number of esters is 1. The lowest BCUT2D eigenvalue weighted by Gasteiger charge is -2.36. The Hall–Kier alpha value is -2.63. The van der Waals surface area contributed by atoms with Gasteiger partial charge in [-0.3, -0.25) is 0 Å². The van der Waals surface area contributed by atoms with E-state index >= 15 is 0 Å². The predicted molar refractivity (Wildman–Crippen MR) is 143 cm³/mol. The number of aromatic nitrogens is 2. The second-order valence-corrected chi connectivity index (χ2v) is 14.0. The van der Waals surface area contributed by atoms with Gasteiger partial charge in [0.1, 0.15) is 5.56 Å². The molecule has 0 unspecified atom stereocenters. The van der Waals surface area contributed by atoms with Crippen molar-refractivity contribution in [2.45, 2.75) is 50.5 Å². The van der Waals surface area contributed by atoms with Crippen molar-refractivity contribution in [2.24, 2.45) is 5.92 Å². The highest BCUT2D eigenvalue weighted by Gasteiger charge is 2.31. The normalized spacial score (nSPS) is 18.6. The van der Waals surface area contributed by atoms with E-state index in [4.69, 9.17) is 15.4 Å². The number of hydrogen-bond acceptors (Lipinski definition) is 8. The molecule has 0 saturated heterocycles. The molecule has 37 heavy (non-hydrogen) atoms. The van der Waals surface area contributed by atoms with Gasteiger partial charge in [-0.15, -0.1) is 0 Å². The average Bonchev–Trinajstić information content (AvgIpc) is 3.28. The van der Waals surface area contributed by atoms with Crippen LogP contribution in [-0.2, 0) is 23.8 Å². The number of pyridine rings is 1. The van der Waals surface area contributed by atoms with Crippen molar-refractivity contribution < 1.29 is 26.4 Å². The molecular formula is C25H30ClN3O6S2. The molecule has 4 rings (SSSR count). The number of anilines is 1. The Morgan fingerprint density at radius 2 is 1.76 bits per heavy atom. The molecule has 0 radical (unpaired) electrons. The first-order chi connectivity index (χ1) is 17.4. The Kier molecular flexibility index (Phi) is 7.87. The zero-order chi connectivity index (χ0) is 27.0. The molecule has 0 amide bonds. The van der Waals surface area contributed by atoms with Crippen molar-refractivity contribution >= 4 is 52.4 Å². The van der Waals surface area contributed by atoms with Crippen molar-refractivity contribution in [3.8, 4) is 0 Å². The van der Waals surface area contributed by atoms with Crippen LogP contribution in [0.25, 0.3) is 11.0 Å². The van der Waals surface area contributed by atoms with Gasteiger partial charge in [-0.1, -0.05) is 17.7 Å². The molecule has 1 aliphatic rings. The number of aryl methyl sites for hydroxylation is 1. The van der Waals surface area contributed by atoms with Crippen LogP contribution in [0, 0.1) is 12.8 Å². The molecule has 9 nitrogen and oxygen atoms in total. The standard InChI is InChI=1S/C25H30ClN3O6S2/c1-4-35-25(30)22-15-27-24-21(13-14-29(24)37(33,34)20-11-5-17(2)6-12-20)23(22)28(3)19-9-7-18(8-10-19)16-36(26,31)32/h5-6,11-15,18-19H,4,7-10,16H2,1-3H3/t18-,19-. The fourth-order valence-corrected chi connectivity index (χ4v) is 7.70.